The number of amides is 2. The first-order valence-electron chi connectivity index (χ1n) is 13.6. The third kappa shape index (κ3) is 4.40. The van der Waals surface area contributed by atoms with Gasteiger partial charge >= 0.3 is 0 Å². The summed E-state index contributed by atoms with van der Waals surface area (Å²) in [4.78, 5) is 41.0. The molecule has 4 aromatic rings. The van der Waals surface area contributed by atoms with Crippen molar-refractivity contribution in [3.05, 3.63) is 91.9 Å². The van der Waals surface area contributed by atoms with E-state index in [9.17, 15) is 19.7 Å². The van der Waals surface area contributed by atoms with Gasteiger partial charge in [0.15, 0.2) is 5.76 Å². The molecule has 3 fully saturated rings. The van der Waals surface area contributed by atoms with E-state index < -0.39 is 11.0 Å². The number of nitro benzene ring substituents is 1. The van der Waals surface area contributed by atoms with E-state index in [1.165, 1.54) is 18.2 Å². The number of nitro groups is 1. The van der Waals surface area contributed by atoms with Gasteiger partial charge in [-0.2, -0.15) is 0 Å². The molecule has 2 aliphatic heterocycles. The van der Waals surface area contributed by atoms with Crippen LogP contribution in [0, 0.1) is 10.1 Å². The summed E-state index contributed by atoms with van der Waals surface area (Å²) in [6.45, 7) is 1.15. The highest BCUT2D eigenvalue weighted by Crippen LogP contribution is 2.57. The molecule has 2 atom stereocenters. The van der Waals surface area contributed by atoms with E-state index in [0.717, 1.165) is 35.1 Å². The molecule has 2 aromatic carbocycles. The highest BCUT2D eigenvalue weighted by molar-refractivity contribution is 9.10. The molecule has 1 aliphatic carbocycles. The Bertz CT molecular complexity index is 1730. The molecule has 7 rings (SSSR count). The van der Waals surface area contributed by atoms with Gasteiger partial charge in [0.25, 0.3) is 17.5 Å². The maximum atomic E-state index is 13.6. The molecule has 1 spiro atoms. The number of rotatable bonds is 6. The zero-order chi connectivity index (χ0) is 29.2. The Hall–Kier alpha value is -4.03. The van der Waals surface area contributed by atoms with Crippen LogP contribution in [-0.2, 0) is 4.79 Å². The number of aromatic nitrogens is 3. The summed E-state index contributed by atoms with van der Waals surface area (Å²) in [7, 11) is 0. The van der Waals surface area contributed by atoms with E-state index in [1.807, 2.05) is 35.4 Å². The number of nitrogens with zero attached hydrogens (tertiary/aromatic N) is 6. The van der Waals surface area contributed by atoms with Gasteiger partial charge in [-0.3, -0.25) is 19.7 Å². The Morgan fingerprint density at radius 1 is 1.10 bits per heavy atom. The van der Waals surface area contributed by atoms with Gasteiger partial charge < -0.3 is 14.2 Å². The number of carbonyl (C=O) groups is 2. The highest BCUT2D eigenvalue weighted by atomic mass is 79.9. The minimum atomic E-state index is -0.519. The molecule has 2 amide bonds. The first kappa shape index (κ1) is 26.8. The molecule has 2 unspecified atom stereocenters. The van der Waals surface area contributed by atoms with Crippen LogP contribution in [0.15, 0.2) is 69.7 Å². The molecule has 2 saturated heterocycles. The van der Waals surface area contributed by atoms with Crippen LogP contribution >= 0.6 is 27.5 Å². The van der Waals surface area contributed by atoms with Crippen LogP contribution in [0.25, 0.3) is 11.3 Å². The van der Waals surface area contributed by atoms with E-state index in [-0.39, 0.29) is 39.7 Å². The number of halogens is 2. The van der Waals surface area contributed by atoms with Gasteiger partial charge in [-0.25, -0.2) is 4.68 Å². The normalized spacial score (nSPS) is 21.0. The average Bonchev–Trinajstić information content (AvgIpc) is 3.37. The maximum absolute atomic E-state index is 13.6. The van der Waals surface area contributed by atoms with Crippen LogP contribution in [0.2, 0.25) is 5.02 Å². The minimum absolute atomic E-state index is 0.00725. The van der Waals surface area contributed by atoms with Crippen molar-refractivity contribution in [3.63, 3.8) is 0 Å². The lowest BCUT2D eigenvalue weighted by atomic mass is 9.94. The van der Waals surface area contributed by atoms with E-state index >= 15 is 0 Å². The average molecular weight is 652 g/mol. The summed E-state index contributed by atoms with van der Waals surface area (Å²) in [5.74, 6) is 0.315. The second-order valence-electron chi connectivity index (χ2n) is 10.9. The summed E-state index contributed by atoms with van der Waals surface area (Å²) in [5.41, 5.74) is 1.62. The van der Waals surface area contributed by atoms with Crippen LogP contribution in [0.1, 0.15) is 53.9 Å². The van der Waals surface area contributed by atoms with Crippen molar-refractivity contribution in [1.29, 1.82) is 0 Å². The number of likely N-dealkylation sites (tertiary alicyclic amines) is 1. The number of anilines is 1. The van der Waals surface area contributed by atoms with Gasteiger partial charge in [0.05, 0.1) is 21.2 Å². The molecule has 0 N–H and O–H groups in total. The van der Waals surface area contributed by atoms with Crippen LogP contribution < -0.4 is 4.90 Å². The predicted molar refractivity (Wildman–Crippen MR) is 156 cm³/mol. The Morgan fingerprint density at radius 3 is 2.60 bits per heavy atom. The predicted octanol–water partition coefficient (Wildman–Crippen LogP) is 6.00. The van der Waals surface area contributed by atoms with Gasteiger partial charge in [-0.1, -0.05) is 32.7 Å². The topological polar surface area (TPSA) is 128 Å². The highest BCUT2D eigenvalue weighted by Gasteiger charge is 2.60. The zero-order valence-corrected chi connectivity index (χ0v) is 24.5. The summed E-state index contributed by atoms with van der Waals surface area (Å²) in [6.07, 6.45) is 4.93. The largest absolute Gasteiger partial charge is 0.451 e. The molecule has 13 heteroatoms. The van der Waals surface area contributed by atoms with Gasteiger partial charge in [0.2, 0.25) is 0 Å². The van der Waals surface area contributed by atoms with Crippen molar-refractivity contribution in [2.24, 2.45) is 0 Å². The summed E-state index contributed by atoms with van der Waals surface area (Å²) >= 11 is 9.70. The number of carbonyl (C=O) groups excluding carboxylic acids is 2. The minimum Gasteiger partial charge on any atom is -0.451 e. The molecular weight excluding hydrogens is 628 g/mol. The number of non-ortho nitro benzene ring substituents is 1. The fourth-order valence-corrected chi connectivity index (χ4v) is 6.88. The van der Waals surface area contributed by atoms with Gasteiger partial charge in [0, 0.05) is 53.1 Å². The molecular formula is C29H24BrClN6O5. The van der Waals surface area contributed by atoms with Crippen LogP contribution in [-0.4, -0.2) is 55.3 Å². The van der Waals surface area contributed by atoms with E-state index in [2.05, 4.69) is 26.2 Å². The second-order valence-corrected chi connectivity index (χ2v) is 12.2. The van der Waals surface area contributed by atoms with E-state index in [0.29, 0.717) is 30.8 Å². The van der Waals surface area contributed by atoms with E-state index in [1.54, 1.807) is 21.7 Å². The molecule has 1 saturated carbocycles. The number of furan rings is 1. The smallest absolute Gasteiger partial charge is 0.290 e. The van der Waals surface area contributed by atoms with Crippen LogP contribution in [0.3, 0.4) is 0 Å². The van der Waals surface area contributed by atoms with Crippen LogP contribution in [0.5, 0.6) is 0 Å². The third-order valence-electron chi connectivity index (χ3n) is 8.60. The fraction of sp³-hybridized carbons (Fsp3) is 0.310. The maximum Gasteiger partial charge on any atom is 0.290 e. The fourth-order valence-electron chi connectivity index (χ4n) is 6.35. The Labute approximate surface area is 253 Å². The first-order chi connectivity index (χ1) is 20.2. The number of benzene rings is 2. The molecule has 3 aliphatic rings. The number of hydrogen-bond donors (Lipinski definition) is 0. The molecule has 2 aromatic heterocycles. The summed E-state index contributed by atoms with van der Waals surface area (Å²) < 4.78 is 8.53. The van der Waals surface area contributed by atoms with E-state index in [4.69, 9.17) is 16.0 Å². The Morgan fingerprint density at radius 2 is 1.88 bits per heavy atom. The lowest BCUT2D eigenvalue weighted by Crippen LogP contribution is -2.39. The van der Waals surface area contributed by atoms with Crippen molar-refractivity contribution < 1.29 is 18.9 Å². The van der Waals surface area contributed by atoms with Crippen molar-refractivity contribution in [3.8, 4) is 11.3 Å². The quantitative estimate of drug-likeness (QED) is 0.185. The van der Waals surface area contributed by atoms with Gasteiger partial charge in [0.1, 0.15) is 11.8 Å². The monoisotopic (exact) mass is 650 g/mol. The Balaban J connectivity index is 1.07. The lowest BCUT2D eigenvalue weighted by molar-refractivity contribution is -0.384. The SMILES string of the molecule is O=C1C(n2cc(C3CCN(C(=O)c4ccc(-c5ccc([N+](=O)[O-])cc5Cl)o4)C34CC4)nn2)CCN1c1ccc(Br)cc1. The van der Waals surface area contributed by atoms with Crippen molar-refractivity contribution in [1.82, 2.24) is 19.9 Å². The van der Waals surface area contributed by atoms with Crippen molar-refractivity contribution >= 4 is 50.7 Å². The van der Waals surface area contributed by atoms with Crippen LogP contribution in [0.4, 0.5) is 11.4 Å². The summed E-state index contributed by atoms with van der Waals surface area (Å²) in [5, 5.41) is 20.0. The third-order valence-corrected chi connectivity index (χ3v) is 9.44. The lowest BCUT2D eigenvalue weighted by Gasteiger charge is -2.26. The molecule has 0 bridgehead atoms. The molecule has 214 valence electrons. The van der Waals surface area contributed by atoms with Gasteiger partial charge in [-0.15, -0.1) is 5.10 Å². The molecule has 0 radical (unpaired) electrons. The number of hydrogen-bond acceptors (Lipinski definition) is 7. The first-order valence-corrected chi connectivity index (χ1v) is 14.8. The van der Waals surface area contributed by atoms with Crippen molar-refractivity contribution in [2.75, 3.05) is 18.0 Å². The zero-order valence-electron chi connectivity index (χ0n) is 22.2. The molecule has 42 heavy (non-hydrogen) atoms. The van der Waals surface area contributed by atoms with Gasteiger partial charge in [-0.05, 0) is 68.1 Å². The Kier molecular flexibility index (Phi) is 6.43. The summed E-state index contributed by atoms with van der Waals surface area (Å²) in [6, 6.07) is 14.6. The molecule has 4 heterocycles. The second kappa shape index (κ2) is 10.1. The standard InChI is InChI=1S/C29H24BrClN6O5/c30-17-1-3-18(4-2-17)34-13-10-24(27(34)38)36-16-23(32-33-36)21-9-14-35(29(21)11-12-29)28(39)26-8-7-25(42-26)20-6-5-19(37(40)41)15-22(20)31/h1-8,15-16,21,24H,9-14H2. The molecule has 11 nitrogen and oxygen atoms in total. The van der Waals surface area contributed by atoms with Crippen molar-refractivity contribution in [2.45, 2.75) is 43.2 Å².